The molecule has 35 heavy (non-hydrogen) atoms. The van der Waals surface area contributed by atoms with Crippen LogP contribution in [0.2, 0.25) is 0 Å². The number of methoxy groups -OCH3 is 1. The first-order valence-electron chi connectivity index (χ1n) is 10.4. The first-order chi connectivity index (χ1) is 17.0. The van der Waals surface area contributed by atoms with Gasteiger partial charge < -0.3 is 4.74 Å². The molecule has 0 radical (unpaired) electrons. The van der Waals surface area contributed by atoms with Gasteiger partial charge in [0.15, 0.2) is 11.0 Å². The molecule has 0 aliphatic heterocycles. The number of ether oxygens (including phenoxy) is 1. The summed E-state index contributed by atoms with van der Waals surface area (Å²) in [4.78, 5) is 20.9. The summed E-state index contributed by atoms with van der Waals surface area (Å²) in [5.74, 6) is 0.578. The van der Waals surface area contributed by atoms with Crippen molar-refractivity contribution in [2.45, 2.75) is 4.90 Å². The number of aromatic amines is 1. The fraction of sp³-hybridized carbons (Fsp3) is 0.0400. The Morgan fingerprint density at radius 1 is 1.00 bits per heavy atom. The van der Waals surface area contributed by atoms with Gasteiger partial charge in [0.25, 0.3) is 5.56 Å². The lowest BCUT2D eigenvalue weighted by Crippen LogP contribution is -2.12. The number of nitrogens with one attached hydrogen (secondary N) is 2. The zero-order valence-electron chi connectivity index (χ0n) is 18.4. The Kier molecular flexibility index (Phi) is 6.02. The summed E-state index contributed by atoms with van der Waals surface area (Å²) in [5.41, 5.74) is 2.11. The van der Waals surface area contributed by atoms with Crippen LogP contribution >= 0.6 is 0 Å². The minimum atomic E-state index is -1.66. The molecule has 1 unspecified atom stereocenters. The van der Waals surface area contributed by atoms with Crippen LogP contribution < -0.4 is 15.0 Å². The van der Waals surface area contributed by atoms with Crippen molar-refractivity contribution in [3.63, 3.8) is 0 Å². The van der Waals surface area contributed by atoms with E-state index in [1.54, 1.807) is 42.5 Å². The number of hydrogen-bond donors (Lipinski definition) is 2. The summed E-state index contributed by atoms with van der Waals surface area (Å²) >= 11 is 0. The molecule has 2 aromatic heterocycles. The Bertz CT molecular complexity index is 1630. The summed E-state index contributed by atoms with van der Waals surface area (Å²) in [6.07, 6.45) is 2.87. The highest BCUT2D eigenvalue weighted by Gasteiger charge is 2.16. The quantitative estimate of drug-likeness (QED) is 0.369. The molecule has 5 rings (SSSR count). The number of benzene rings is 3. The molecule has 0 saturated heterocycles. The molecule has 0 fully saturated rings. The Labute approximate surface area is 201 Å². The molecule has 2 N–H and O–H groups in total. The molecule has 174 valence electrons. The summed E-state index contributed by atoms with van der Waals surface area (Å²) in [6, 6.07) is 18.2. The van der Waals surface area contributed by atoms with E-state index in [4.69, 9.17) is 4.74 Å². The van der Waals surface area contributed by atoms with Crippen molar-refractivity contribution in [2.75, 3.05) is 11.8 Å². The predicted octanol–water partition coefficient (Wildman–Crippen LogP) is 4.33. The van der Waals surface area contributed by atoms with Gasteiger partial charge in [-0.2, -0.15) is 5.10 Å². The molecule has 3 aromatic carbocycles. The van der Waals surface area contributed by atoms with Gasteiger partial charge in [-0.3, -0.25) is 9.52 Å². The third-order valence-electron chi connectivity index (χ3n) is 5.37. The average Bonchev–Trinajstić information content (AvgIpc) is 2.89. The first kappa shape index (κ1) is 22.4. The van der Waals surface area contributed by atoms with Gasteiger partial charge in [0.1, 0.15) is 29.4 Å². The number of halogens is 1. The highest BCUT2D eigenvalue weighted by atomic mass is 32.2. The molecule has 0 spiro atoms. The van der Waals surface area contributed by atoms with Crippen LogP contribution in [-0.2, 0) is 11.0 Å². The lowest BCUT2D eigenvalue weighted by atomic mass is 9.98. The van der Waals surface area contributed by atoms with Gasteiger partial charge in [-0.25, -0.2) is 23.7 Å². The largest absolute Gasteiger partial charge is 0.496 e. The van der Waals surface area contributed by atoms with Gasteiger partial charge in [0, 0.05) is 17.1 Å². The number of anilines is 1. The molecule has 2 heterocycles. The number of hydrogen-bond acceptors (Lipinski definition) is 6. The number of fused-ring (bicyclic) bond motifs is 1. The lowest BCUT2D eigenvalue weighted by Gasteiger charge is -2.13. The minimum absolute atomic E-state index is 0.309. The Hall–Kier alpha value is -4.44. The van der Waals surface area contributed by atoms with Crippen LogP contribution in [0.3, 0.4) is 0 Å². The third kappa shape index (κ3) is 4.51. The highest BCUT2D eigenvalue weighted by Crippen LogP contribution is 2.36. The van der Waals surface area contributed by atoms with E-state index in [-0.39, 0.29) is 5.82 Å². The second kappa shape index (κ2) is 9.43. The van der Waals surface area contributed by atoms with Crippen molar-refractivity contribution in [3.05, 3.63) is 95.4 Å². The monoisotopic (exact) mass is 487 g/mol. The normalized spacial score (nSPS) is 11.8. The molecule has 0 aliphatic carbocycles. The van der Waals surface area contributed by atoms with E-state index in [0.29, 0.717) is 44.1 Å². The van der Waals surface area contributed by atoms with E-state index < -0.39 is 16.5 Å². The van der Waals surface area contributed by atoms with Crippen LogP contribution in [0.25, 0.3) is 33.2 Å². The molecule has 0 bridgehead atoms. The number of aromatic nitrogens is 4. The number of nitrogens with zero attached hydrogens (tertiary/aromatic N) is 3. The topological polar surface area (TPSA) is 110 Å². The summed E-state index contributed by atoms with van der Waals surface area (Å²) in [6.45, 7) is 0. The van der Waals surface area contributed by atoms with Gasteiger partial charge in [-0.05, 0) is 53.6 Å². The van der Waals surface area contributed by atoms with Crippen LogP contribution in [0.4, 0.5) is 10.2 Å². The lowest BCUT2D eigenvalue weighted by molar-refractivity contribution is 0.416. The minimum Gasteiger partial charge on any atom is -0.496 e. The van der Waals surface area contributed by atoms with Crippen molar-refractivity contribution in [1.29, 1.82) is 0 Å². The number of rotatable bonds is 6. The highest BCUT2D eigenvalue weighted by molar-refractivity contribution is 7.86. The standard InChI is InChI=1S/C25H18FN5O3S/c1-34-22-8-5-16(15-3-2-4-17(26)11-15)12-21(22)24-19-7-6-18(13-20(19)25(32)30-29-24)35(33)31-23-9-10-27-14-28-23/h2-14H,1H3,(H,30,32)(H,27,28,31). The molecule has 5 aromatic rings. The van der Waals surface area contributed by atoms with Gasteiger partial charge in [0.05, 0.1) is 17.4 Å². The Balaban J connectivity index is 1.61. The van der Waals surface area contributed by atoms with Gasteiger partial charge >= 0.3 is 0 Å². The second-order valence-corrected chi connectivity index (χ2v) is 8.71. The molecule has 0 amide bonds. The first-order valence-corrected chi connectivity index (χ1v) is 11.6. The van der Waals surface area contributed by atoms with Crippen molar-refractivity contribution in [1.82, 2.24) is 20.2 Å². The smallest absolute Gasteiger partial charge is 0.272 e. The molecule has 1 atom stereocenters. The maximum absolute atomic E-state index is 13.8. The molecule has 10 heteroatoms. The van der Waals surface area contributed by atoms with E-state index in [0.717, 1.165) is 5.56 Å². The van der Waals surface area contributed by atoms with Crippen LogP contribution in [0.5, 0.6) is 5.75 Å². The van der Waals surface area contributed by atoms with Gasteiger partial charge in [0.2, 0.25) is 0 Å². The maximum atomic E-state index is 13.8. The van der Waals surface area contributed by atoms with E-state index >= 15 is 0 Å². The molecule has 0 saturated carbocycles. The predicted molar refractivity (Wildman–Crippen MR) is 132 cm³/mol. The molecular weight excluding hydrogens is 469 g/mol. The van der Waals surface area contributed by atoms with Crippen molar-refractivity contribution in [2.24, 2.45) is 0 Å². The molecule has 0 aliphatic rings. The van der Waals surface area contributed by atoms with Crippen LogP contribution in [0.15, 0.2) is 88.9 Å². The maximum Gasteiger partial charge on any atom is 0.272 e. The number of H-pyrrole nitrogens is 1. The van der Waals surface area contributed by atoms with Crippen molar-refractivity contribution < 1.29 is 13.3 Å². The SMILES string of the molecule is COc1ccc(-c2cccc(F)c2)cc1-c1n[nH]c(=O)c2cc(S(=O)Nc3ccncn3)ccc12. The van der Waals surface area contributed by atoms with E-state index in [1.807, 2.05) is 12.1 Å². The van der Waals surface area contributed by atoms with E-state index in [9.17, 15) is 13.4 Å². The van der Waals surface area contributed by atoms with E-state index in [1.165, 1.54) is 31.8 Å². The fourth-order valence-corrected chi connectivity index (χ4v) is 4.56. The summed E-state index contributed by atoms with van der Waals surface area (Å²) in [5, 5.41) is 7.65. The van der Waals surface area contributed by atoms with E-state index in [2.05, 4.69) is 24.9 Å². The average molecular weight is 488 g/mol. The van der Waals surface area contributed by atoms with Crippen LogP contribution in [0.1, 0.15) is 0 Å². The van der Waals surface area contributed by atoms with Crippen LogP contribution in [-0.4, -0.2) is 31.5 Å². The van der Waals surface area contributed by atoms with Gasteiger partial charge in [-0.15, -0.1) is 0 Å². The van der Waals surface area contributed by atoms with Gasteiger partial charge in [-0.1, -0.05) is 24.3 Å². The third-order valence-corrected chi connectivity index (χ3v) is 6.44. The summed E-state index contributed by atoms with van der Waals surface area (Å²) in [7, 11) is -0.124. The zero-order chi connectivity index (χ0) is 24.4. The van der Waals surface area contributed by atoms with Crippen molar-refractivity contribution in [3.8, 4) is 28.1 Å². The Morgan fingerprint density at radius 3 is 2.63 bits per heavy atom. The molecule has 8 nitrogen and oxygen atoms in total. The summed E-state index contributed by atoms with van der Waals surface area (Å²) < 4.78 is 34.9. The second-order valence-electron chi connectivity index (χ2n) is 7.50. The van der Waals surface area contributed by atoms with Crippen molar-refractivity contribution >= 4 is 27.6 Å². The van der Waals surface area contributed by atoms with Crippen LogP contribution in [0, 0.1) is 5.82 Å². The fourth-order valence-electron chi connectivity index (χ4n) is 3.71. The Morgan fingerprint density at radius 2 is 1.86 bits per heavy atom. The molecular formula is C25H18FN5O3S. The zero-order valence-corrected chi connectivity index (χ0v) is 19.2.